The molecule has 3 aromatic carbocycles. The van der Waals surface area contributed by atoms with Gasteiger partial charge in [-0.25, -0.2) is 8.42 Å². The van der Waals surface area contributed by atoms with Crippen LogP contribution < -0.4 is 15.2 Å². The van der Waals surface area contributed by atoms with Crippen molar-refractivity contribution in [3.63, 3.8) is 0 Å². The third-order valence-electron chi connectivity index (χ3n) is 6.49. The number of hydrogen-bond donors (Lipinski definition) is 0. The zero-order valence-corrected chi connectivity index (χ0v) is 22.8. The number of hydrogen-bond acceptors (Lipinski definition) is 7. The van der Waals surface area contributed by atoms with E-state index in [0.29, 0.717) is 47.3 Å². The Bertz CT molecular complexity index is 1580. The Morgan fingerprint density at radius 3 is 2.18 bits per heavy atom. The van der Waals surface area contributed by atoms with E-state index in [4.69, 9.17) is 4.74 Å². The first kappa shape index (κ1) is 26.0. The van der Waals surface area contributed by atoms with E-state index >= 15 is 0 Å². The van der Waals surface area contributed by atoms with E-state index in [1.54, 1.807) is 38.4 Å². The van der Waals surface area contributed by atoms with Crippen LogP contribution in [0.2, 0.25) is 0 Å². The number of ether oxygens (including phenoxy) is 1. The summed E-state index contributed by atoms with van der Waals surface area (Å²) in [5, 5.41) is 4.48. The summed E-state index contributed by atoms with van der Waals surface area (Å²) < 4.78 is 34.8. The highest BCUT2D eigenvalue weighted by Gasteiger charge is 2.31. The second-order valence-electron chi connectivity index (χ2n) is 8.85. The van der Waals surface area contributed by atoms with Gasteiger partial charge >= 0.3 is 0 Å². The summed E-state index contributed by atoms with van der Waals surface area (Å²) >= 11 is 1.37. The van der Waals surface area contributed by atoms with E-state index in [1.165, 1.54) is 20.7 Å². The highest BCUT2D eigenvalue weighted by molar-refractivity contribution is 7.99. The van der Waals surface area contributed by atoms with E-state index < -0.39 is 10.0 Å². The van der Waals surface area contributed by atoms with Crippen LogP contribution in [-0.4, -0.2) is 55.8 Å². The van der Waals surface area contributed by atoms with Gasteiger partial charge in [0, 0.05) is 31.1 Å². The van der Waals surface area contributed by atoms with Crippen molar-refractivity contribution in [2.75, 3.05) is 38.2 Å². The number of sulfonamides is 1. The number of benzene rings is 3. The lowest BCUT2D eigenvalue weighted by Gasteiger charge is -2.36. The average molecular weight is 549 g/mol. The van der Waals surface area contributed by atoms with Crippen LogP contribution in [0.5, 0.6) is 5.75 Å². The average Bonchev–Trinajstić information content (AvgIpc) is 2.95. The largest absolute Gasteiger partial charge is 0.497 e. The molecule has 0 N–H and O–H groups in total. The van der Waals surface area contributed by atoms with Crippen LogP contribution in [0.15, 0.2) is 105 Å². The molecule has 1 aliphatic heterocycles. The van der Waals surface area contributed by atoms with E-state index in [2.05, 4.69) is 5.10 Å². The molecule has 0 spiro atoms. The number of aryl methyl sites for hydroxylation is 1. The molecular formula is C28H28N4O4S2. The Morgan fingerprint density at radius 1 is 0.868 bits per heavy atom. The van der Waals surface area contributed by atoms with Crippen molar-refractivity contribution >= 4 is 27.5 Å². The molecule has 1 fully saturated rings. The molecule has 196 valence electrons. The molecule has 10 heteroatoms. The molecule has 1 aromatic heterocycles. The molecule has 0 saturated carbocycles. The molecule has 1 saturated heterocycles. The number of rotatable bonds is 7. The fraction of sp³-hybridized carbons (Fsp3) is 0.214. The number of nitrogens with zero attached hydrogens (tertiary/aromatic N) is 4. The zero-order valence-electron chi connectivity index (χ0n) is 21.1. The number of para-hydroxylation sites is 1. The van der Waals surface area contributed by atoms with Crippen LogP contribution in [0.3, 0.4) is 0 Å². The standard InChI is InChI=1S/C28H28N4O4S2/c1-21-8-6-7-11-26(21)38(34,35)31-18-16-30(17-19-31)25-20-29-32(22-9-4-3-5-10-22)28(33)27(25)37-24-14-12-23(36-2)13-15-24/h3-15,20H,16-19H2,1-2H3. The van der Waals surface area contributed by atoms with Crippen molar-refractivity contribution in [3.8, 4) is 11.4 Å². The summed E-state index contributed by atoms with van der Waals surface area (Å²) in [5.41, 5.74) is 1.86. The van der Waals surface area contributed by atoms with Gasteiger partial charge in [0.1, 0.15) is 10.6 Å². The summed E-state index contributed by atoms with van der Waals surface area (Å²) in [6.07, 6.45) is 1.70. The van der Waals surface area contributed by atoms with Gasteiger partial charge < -0.3 is 9.64 Å². The first-order valence-electron chi connectivity index (χ1n) is 12.2. The summed E-state index contributed by atoms with van der Waals surface area (Å²) in [4.78, 5) is 17.5. The van der Waals surface area contributed by atoms with Gasteiger partial charge in [-0.3, -0.25) is 4.79 Å². The van der Waals surface area contributed by atoms with Crippen molar-refractivity contribution < 1.29 is 13.2 Å². The molecule has 0 unspecified atom stereocenters. The second-order valence-corrected chi connectivity index (χ2v) is 11.8. The van der Waals surface area contributed by atoms with Gasteiger partial charge in [0.2, 0.25) is 10.0 Å². The van der Waals surface area contributed by atoms with Gasteiger partial charge in [-0.05, 0) is 55.0 Å². The predicted octanol–water partition coefficient (Wildman–Crippen LogP) is 4.21. The highest BCUT2D eigenvalue weighted by atomic mass is 32.2. The lowest BCUT2D eigenvalue weighted by Crippen LogP contribution is -2.49. The summed E-state index contributed by atoms with van der Waals surface area (Å²) in [5.74, 6) is 0.733. The lowest BCUT2D eigenvalue weighted by molar-refractivity contribution is 0.383. The van der Waals surface area contributed by atoms with Crippen LogP contribution in [0.4, 0.5) is 5.69 Å². The Kier molecular flexibility index (Phi) is 7.55. The maximum absolute atomic E-state index is 13.7. The summed E-state index contributed by atoms with van der Waals surface area (Å²) in [7, 11) is -1.99. The normalized spacial score (nSPS) is 14.4. The fourth-order valence-electron chi connectivity index (χ4n) is 4.42. The van der Waals surface area contributed by atoms with Crippen molar-refractivity contribution in [2.45, 2.75) is 21.6 Å². The Labute approximate surface area is 226 Å². The molecule has 0 bridgehead atoms. The molecule has 8 nitrogen and oxygen atoms in total. The monoisotopic (exact) mass is 548 g/mol. The predicted molar refractivity (Wildman–Crippen MR) is 149 cm³/mol. The molecular weight excluding hydrogens is 520 g/mol. The third kappa shape index (κ3) is 5.20. The van der Waals surface area contributed by atoms with E-state index in [-0.39, 0.29) is 5.56 Å². The third-order valence-corrected chi connectivity index (χ3v) is 9.64. The van der Waals surface area contributed by atoms with Crippen LogP contribution in [0.25, 0.3) is 5.69 Å². The molecule has 2 heterocycles. The van der Waals surface area contributed by atoms with Crippen LogP contribution >= 0.6 is 11.8 Å². The minimum atomic E-state index is -3.61. The zero-order chi connectivity index (χ0) is 26.7. The molecule has 5 rings (SSSR count). The van der Waals surface area contributed by atoms with Gasteiger partial charge in [0.15, 0.2) is 0 Å². The molecule has 0 amide bonds. The van der Waals surface area contributed by atoms with Gasteiger partial charge in [-0.2, -0.15) is 14.1 Å². The Hall–Kier alpha value is -3.60. The van der Waals surface area contributed by atoms with Gasteiger partial charge in [0.05, 0.1) is 29.6 Å². The Balaban J connectivity index is 1.46. The van der Waals surface area contributed by atoms with E-state index in [0.717, 1.165) is 16.2 Å². The van der Waals surface area contributed by atoms with Crippen molar-refractivity contribution in [1.82, 2.24) is 14.1 Å². The maximum atomic E-state index is 13.7. The first-order chi connectivity index (χ1) is 18.4. The smallest absolute Gasteiger partial charge is 0.287 e. The quantitative estimate of drug-likeness (QED) is 0.342. The van der Waals surface area contributed by atoms with Crippen LogP contribution in [0, 0.1) is 6.92 Å². The van der Waals surface area contributed by atoms with Crippen molar-refractivity contribution in [2.24, 2.45) is 0 Å². The lowest BCUT2D eigenvalue weighted by atomic mass is 10.2. The summed E-state index contributed by atoms with van der Waals surface area (Å²) in [6, 6.07) is 23.8. The SMILES string of the molecule is COc1ccc(Sc2c(N3CCN(S(=O)(=O)c4ccccc4C)CC3)cnn(-c3ccccc3)c2=O)cc1. The van der Waals surface area contributed by atoms with E-state index in [9.17, 15) is 13.2 Å². The second kappa shape index (κ2) is 11.0. The van der Waals surface area contributed by atoms with E-state index in [1.807, 2.05) is 65.6 Å². The molecule has 4 aromatic rings. The van der Waals surface area contributed by atoms with Gasteiger partial charge in [0.25, 0.3) is 5.56 Å². The summed E-state index contributed by atoms with van der Waals surface area (Å²) in [6.45, 7) is 3.31. The number of methoxy groups -OCH3 is 1. The van der Waals surface area contributed by atoms with Gasteiger partial charge in [-0.1, -0.05) is 48.2 Å². The van der Waals surface area contributed by atoms with Crippen LogP contribution in [-0.2, 0) is 10.0 Å². The highest BCUT2D eigenvalue weighted by Crippen LogP contribution is 2.34. The molecule has 1 aliphatic rings. The van der Waals surface area contributed by atoms with Crippen LogP contribution in [0.1, 0.15) is 5.56 Å². The molecule has 0 aliphatic carbocycles. The minimum absolute atomic E-state index is 0.232. The fourth-order valence-corrected chi connectivity index (χ4v) is 7.04. The molecule has 0 atom stereocenters. The molecule has 38 heavy (non-hydrogen) atoms. The van der Waals surface area contributed by atoms with Crippen molar-refractivity contribution in [3.05, 3.63) is 101 Å². The first-order valence-corrected chi connectivity index (χ1v) is 14.4. The minimum Gasteiger partial charge on any atom is -0.497 e. The maximum Gasteiger partial charge on any atom is 0.287 e. The number of piperazine rings is 1. The van der Waals surface area contributed by atoms with Crippen molar-refractivity contribution in [1.29, 1.82) is 0 Å². The number of anilines is 1. The number of aromatic nitrogens is 2. The Morgan fingerprint density at radius 2 is 1.53 bits per heavy atom. The van der Waals surface area contributed by atoms with Gasteiger partial charge in [-0.15, -0.1) is 0 Å². The molecule has 0 radical (unpaired) electrons. The topological polar surface area (TPSA) is 84.7 Å².